The second kappa shape index (κ2) is 4.68. The van der Waals surface area contributed by atoms with Crippen LogP contribution in [-0.4, -0.2) is 15.7 Å². The van der Waals surface area contributed by atoms with Gasteiger partial charge in [-0.05, 0) is 0 Å². The van der Waals surface area contributed by atoms with E-state index >= 15 is 0 Å². The van der Waals surface area contributed by atoms with Crippen LogP contribution in [0.2, 0.25) is 0 Å². The quantitative estimate of drug-likeness (QED) is 0.213. The highest BCUT2D eigenvalue weighted by atomic mass is 32.2. The molecular formula is C7H10N4OS. The second-order valence-corrected chi connectivity index (χ2v) is 3.19. The number of hydrazine groups is 1. The summed E-state index contributed by atoms with van der Waals surface area (Å²) >= 11 is 1.38. The van der Waals surface area contributed by atoms with Gasteiger partial charge in [0, 0.05) is 11.8 Å². The smallest absolute Gasteiger partial charge is 0.253 e. The summed E-state index contributed by atoms with van der Waals surface area (Å²) in [6, 6.07) is 1.29. The van der Waals surface area contributed by atoms with Crippen molar-refractivity contribution in [3.8, 4) is 0 Å². The highest BCUT2D eigenvalue weighted by Crippen LogP contribution is 2.11. The van der Waals surface area contributed by atoms with Gasteiger partial charge in [0.15, 0.2) is 5.16 Å². The van der Waals surface area contributed by atoms with E-state index in [1.807, 2.05) is 0 Å². The summed E-state index contributed by atoms with van der Waals surface area (Å²) in [6.07, 6.45) is 1.73. The van der Waals surface area contributed by atoms with E-state index < -0.39 is 0 Å². The lowest BCUT2D eigenvalue weighted by molar-refractivity contribution is 0.936. The molecule has 0 saturated heterocycles. The molecule has 6 heteroatoms. The first kappa shape index (κ1) is 9.82. The van der Waals surface area contributed by atoms with Gasteiger partial charge in [0.1, 0.15) is 5.82 Å². The Labute approximate surface area is 79.4 Å². The molecule has 0 radical (unpaired) electrons. The highest BCUT2D eigenvalue weighted by Gasteiger charge is 1.98. The number of nitrogens with one attached hydrogen (secondary N) is 2. The maximum absolute atomic E-state index is 11.0. The number of anilines is 1. The summed E-state index contributed by atoms with van der Waals surface area (Å²) in [5.74, 6) is 6.17. The van der Waals surface area contributed by atoms with E-state index in [2.05, 4.69) is 22.0 Å². The number of nitrogens with two attached hydrogens (primary N) is 1. The molecule has 0 aliphatic heterocycles. The van der Waals surface area contributed by atoms with Gasteiger partial charge >= 0.3 is 0 Å². The molecule has 4 N–H and O–H groups in total. The number of nitrogen functional groups attached to an aromatic ring is 1. The minimum Gasteiger partial charge on any atom is -0.308 e. The number of hydrogen-bond donors (Lipinski definition) is 3. The van der Waals surface area contributed by atoms with Gasteiger partial charge in [0.2, 0.25) is 0 Å². The SMILES string of the molecule is C=CCSc1nc(NN)cc(=O)[nH]1. The first-order chi connectivity index (χ1) is 6.26. The minimum absolute atomic E-state index is 0.227. The Morgan fingerprint density at radius 1 is 1.85 bits per heavy atom. The lowest BCUT2D eigenvalue weighted by atomic mass is 10.6. The van der Waals surface area contributed by atoms with Crippen LogP contribution < -0.4 is 16.8 Å². The molecule has 70 valence electrons. The molecule has 0 atom stereocenters. The second-order valence-electron chi connectivity index (χ2n) is 2.18. The van der Waals surface area contributed by atoms with E-state index in [1.54, 1.807) is 6.08 Å². The van der Waals surface area contributed by atoms with Crippen LogP contribution in [0.5, 0.6) is 0 Å². The average Bonchev–Trinajstić information content (AvgIpc) is 2.14. The molecular weight excluding hydrogens is 188 g/mol. The molecule has 0 saturated carbocycles. The van der Waals surface area contributed by atoms with Crippen LogP contribution in [0.15, 0.2) is 28.7 Å². The summed E-state index contributed by atoms with van der Waals surface area (Å²) in [5.41, 5.74) is 2.09. The van der Waals surface area contributed by atoms with E-state index in [9.17, 15) is 4.79 Å². The van der Waals surface area contributed by atoms with Crippen molar-refractivity contribution >= 4 is 17.6 Å². The third kappa shape index (κ3) is 2.92. The molecule has 13 heavy (non-hydrogen) atoms. The predicted octanol–water partition coefficient (Wildman–Crippen LogP) is 0.334. The van der Waals surface area contributed by atoms with Crippen molar-refractivity contribution in [2.45, 2.75) is 5.16 Å². The van der Waals surface area contributed by atoms with Crippen molar-refractivity contribution in [1.29, 1.82) is 0 Å². The minimum atomic E-state index is -0.227. The fourth-order valence-corrected chi connectivity index (χ4v) is 1.33. The van der Waals surface area contributed by atoms with Crippen molar-refractivity contribution in [2.24, 2.45) is 5.84 Å². The first-order valence-electron chi connectivity index (χ1n) is 3.58. The largest absolute Gasteiger partial charge is 0.308 e. The Morgan fingerprint density at radius 2 is 2.62 bits per heavy atom. The third-order valence-electron chi connectivity index (χ3n) is 1.21. The molecule has 0 aliphatic rings. The predicted molar refractivity (Wildman–Crippen MR) is 53.6 cm³/mol. The Morgan fingerprint density at radius 3 is 3.23 bits per heavy atom. The van der Waals surface area contributed by atoms with E-state index in [0.717, 1.165) is 0 Å². The van der Waals surface area contributed by atoms with Crippen LogP contribution in [0.4, 0.5) is 5.82 Å². The summed E-state index contributed by atoms with van der Waals surface area (Å²) in [6.45, 7) is 3.56. The molecule has 1 aromatic heterocycles. The summed E-state index contributed by atoms with van der Waals surface area (Å²) in [4.78, 5) is 17.6. The maximum atomic E-state index is 11.0. The van der Waals surface area contributed by atoms with E-state index in [0.29, 0.717) is 16.7 Å². The Balaban J connectivity index is 2.88. The Hall–Kier alpha value is -1.27. The molecule has 1 rings (SSSR count). The summed E-state index contributed by atoms with van der Waals surface area (Å²) in [5, 5.41) is 0.528. The molecule has 1 aromatic rings. The van der Waals surface area contributed by atoms with Gasteiger partial charge in [-0.3, -0.25) is 4.79 Å². The lowest BCUT2D eigenvalue weighted by Gasteiger charge is -2.00. The summed E-state index contributed by atoms with van der Waals surface area (Å²) in [7, 11) is 0. The van der Waals surface area contributed by atoms with Crippen LogP contribution in [0.3, 0.4) is 0 Å². The standard InChI is InChI=1S/C7H10N4OS/c1-2-3-13-7-9-5(11-8)4-6(12)10-7/h2,4H,1,3,8H2,(H2,9,10,11,12). The number of hydrogen-bond acceptors (Lipinski definition) is 5. The van der Waals surface area contributed by atoms with Crippen molar-refractivity contribution in [2.75, 3.05) is 11.2 Å². The number of H-pyrrole nitrogens is 1. The van der Waals surface area contributed by atoms with E-state index in [1.165, 1.54) is 17.8 Å². The normalized spacial score (nSPS) is 9.62. The third-order valence-corrected chi connectivity index (χ3v) is 2.07. The van der Waals surface area contributed by atoms with E-state index in [-0.39, 0.29) is 5.56 Å². The lowest BCUT2D eigenvalue weighted by Crippen LogP contribution is -2.15. The van der Waals surface area contributed by atoms with Crippen LogP contribution in [0.1, 0.15) is 0 Å². The van der Waals surface area contributed by atoms with Gasteiger partial charge in [-0.1, -0.05) is 17.8 Å². The maximum Gasteiger partial charge on any atom is 0.253 e. The zero-order valence-electron chi connectivity index (χ0n) is 6.91. The number of rotatable bonds is 4. The van der Waals surface area contributed by atoms with Gasteiger partial charge in [-0.15, -0.1) is 6.58 Å². The van der Waals surface area contributed by atoms with Gasteiger partial charge in [0.25, 0.3) is 5.56 Å². The molecule has 0 amide bonds. The summed E-state index contributed by atoms with van der Waals surface area (Å²) < 4.78 is 0. The van der Waals surface area contributed by atoms with Crippen LogP contribution >= 0.6 is 11.8 Å². The Kier molecular flexibility index (Phi) is 3.53. The van der Waals surface area contributed by atoms with Crippen LogP contribution in [0.25, 0.3) is 0 Å². The van der Waals surface area contributed by atoms with E-state index in [4.69, 9.17) is 5.84 Å². The molecule has 0 unspecified atom stereocenters. The molecule has 0 aromatic carbocycles. The van der Waals surface area contributed by atoms with Gasteiger partial charge in [0.05, 0.1) is 0 Å². The van der Waals surface area contributed by atoms with Gasteiger partial charge in [-0.25, -0.2) is 10.8 Å². The zero-order chi connectivity index (χ0) is 9.68. The van der Waals surface area contributed by atoms with Crippen molar-refractivity contribution < 1.29 is 0 Å². The number of nitrogens with zero attached hydrogens (tertiary/aromatic N) is 1. The highest BCUT2D eigenvalue weighted by molar-refractivity contribution is 7.99. The number of aromatic amines is 1. The number of aromatic nitrogens is 2. The molecule has 0 aliphatic carbocycles. The first-order valence-corrected chi connectivity index (χ1v) is 4.56. The fourth-order valence-electron chi connectivity index (χ4n) is 0.715. The molecule has 0 bridgehead atoms. The van der Waals surface area contributed by atoms with Crippen LogP contribution in [-0.2, 0) is 0 Å². The van der Waals surface area contributed by atoms with Crippen LogP contribution in [0, 0.1) is 0 Å². The topological polar surface area (TPSA) is 83.8 Å². The molecule has 0 spiro atoms. The van der Waals surface area contributed by atoms with Crippen molar-refractivity contribution in [3.63, 3.8) is 0 Å². The zero-order valence-corrected chi connectivity index (χ0v) is 7.73. The monoisotopic (exact) mass is 198 g/mol. The van der Waals surface area contributed by atoms with Crippen molar-refractivity contribution in [3.05, 3.63) is 29.1 Å². The van der Waals surface area contributed by atoms with Gasteiger partial charge < -0.3 is 10.4 Å². The average molecular weight is 198 g/mol. The molecule has 1 heterocycles. The number of thioether (sulfide) groups is 1. The Bertz CT molecular complexity index is 349. The molecule has 0 fully saturated rings. The molecule has 5 nitrogen and oxygen atoms in total. The van der Waals surface area contributed by atoms with Crippen molar-refractivity contribution in [1.82, 2.24) is 9.97 Å². The fraction of sp³-hybridized carbons (Fsp3) is 0.143. The van der Waals surface area contributed by atoms with Gasteiger partial charge in [-0.2, -0.15) is 0 Å².